The van der Waals surface area contributed by atoms with Crippen LogP contribution in [0, 0.1) is 0 Å². The molecule has 0 aromatic rings. The van der Waals surface area contributed by atoms with Gasteiger partial charge in [-0.1, -0.05) is 96.1 Å². The van der Waals surface area contributed by atoms with Crippen LogP contribution in [0.4, 0.5) is 0 Å². The molecule has 0 radical (unpaired) electrons. The predicted octanol–water partition coefficient (Wildman–Crippen LogP) is 5.30. The number of aliphatic hydroxyl groups excluding tert-OH is 3. The van der Waals surface area contributed by atoms with E-state index in [1.54, 1.807) is 0 Å². The summed E-state index contributed by atoms with van der Waals surface area (Å²) >= 11 is 0. The SMILES string of the molecule is CCCCCCCCCCCCCCC/C=C/CCCOC[C@@H]1OC[C@@H](O)[C@H](O)[C@H]1O. The van der Waals surface area contributed by atoms with E-state index in [2.05, 4.69) is 19.1 Å². The lowest BCUT2D eigenvalue weighted by molar-refractivity contribution is -0.199. The van der Waals surface area contributed by atoms with Crippen molar-refractivity contribution < 1.29 is 24.8 Å². The Bertz CT molecular complexity index is 415. The number of hydrogen-bond acceptors (Lipinski definition) is 5. The molecular formula is C26H50O5. The minimum atomic E-state index is -1.16. The highest BCUT2D eigenvalue weighted by Gasteiger charge is 2.37. The zero-order chi connectivity index (χ0) is 22.6. The van der Waals surface area contributed by atoms with Gasteiger partial charge >= 0.3 is 0 Å². The molecule has 1 aliphatic rings. The van der Waals surface area contributed by atoms with Crippen LogP contribution in [0.3, 0.4) is 0 Å². The van der Waals surface area contributed by atoms with Crippen LogP contribution >= 0.6 is 0 Å². The summed E-state index contributed by atoms with van der Waals surface area (Å²) in [6.07, 6.45) is 21.9. The summed E-state index contributed by atoms with van der Waals surface area (Å²) in [7, 11) is 0. The maximum atomic E-state index is 9.84. The second kappa shape index (κ2) is 20.2. The first-order valence-electron chi connectivity index (χ1n) is 13.0. The second-order valence-electron chi connectivity index (χ2n) is 9.14. The first-order valence-corrected chi connectivity index (χ1v) is 13.0. The Balaban J connectivity index is 1.78. The summed E-state index contributed by atoms with van der Waals surface area (Å²) in [5.41, 5.74) is 0. The maximum Gasteiger partial charge on any atom is 0.111 e. The molecule has 1 saturated heterocycles. The average Bonchev–Trinajstić information content (AvgIpc) is 2.77. The number of unbranched alkanes of at least 4 members (excludes halogenated alkanes) is 14. The van der Waals surface area contributed by atoms with Crippen molar-refractivity contribution in [3.05, 3.63) is 12.2 Å². The third-order valence-electron chi connectivity index (χ3n) is 6.19. The number of hydrogen-bond donors (Lipinski definition) is 3. The standard InChI is InChI=1S/C26H50O5/c1-2-3-4-5-6-7-8-9-10-11-12-13-14-15-16-17-18-19-20-30-22-24-26(29)25(28)23(27)21-31-24/h16-17,23-29H,2-15,18-22H2,1H3/b17-16+/t23-,24+,25+,26+/m1/s1. The molecule has 0 aromatic heterocycles. The molecule has 1 aliphatic heterocycles. The minimum absolute atomic E-state index is 0.0359. The number of ether oxygens (including phenoxy) is 2. The van der Waals surface area contributed by atoms with Crippen molar-refractivity contribution in [3.63, 3.8) is 0 Å². The van der Waals surface area contributed by atoms with E-state index in [9.17, 15) is 15.3 Å². The fourth-order valence-electron chi connectivity index (χ4n) is 4.03. The monoisotopic (exact) mass is 442 g/mol. The molecule has 0 aliphatic carbocycles. The molecule has 0 unspecified atom stereocenters. The van der Waals surface area contributed by atoms with Gasteiger partial charge in [0.05, 0.1) is 13.2 Å². The van der Waals surface area contributed by atoms with Crippen LogP contribution in [-0.4, -0.2) is 59.6 Å². The molecule has 0 bridgehead atoms. The lowest BCUT2D eigenvalue weighted by atomic mass is 10.0. The van der Waals surface area contributed by atoms with E-state index in [4.69, 9.17) is 9.47 Å². The summed E-state index contributed by atoms with van der Waals surface area (Å²) in [6.45, 7) is 3.16. The van der Waals surface area contributed by atoms with Crippen LogP contribution in [0.5, 0.6) is 0 Å². The third kappa shape index (κ3) is 15.1. The Hall–Kier alpha value is -0.460. The van der Waals surface area contributed by atoms with E-state index in [0.717, 1.165) is 12.8 Å². The minimum Gasteiger partial charge on any atom is -0.388 e. The highest BCUT2D eigenvalue weighted by Crippen LogP contribution is 2.16. The summed E-state index contributed by atoms with van der Waals surface area (Å²) in [6, 6.07) is 0. The molecule has 184 valence electrons. The van der Waals surface area contributed by atoms with Crippen molar-refractivity contribution in [2.75, 3.05) is 19.8 Å². The van der Waals surface area contributed by atoms with Gasteiger partial charge in [0.25, 0.3) is 0 Å². The molecule has 1 heterocycles. The van der Waals surface area contributed by atoms with Gasteiger partial charge in [-0.25, -0.2) is 0 Å². The number of rotatable bonds is 20. The van der Waals surface area contributed by atoms with E-state index in [-0.39, 0.29) is 13.2 Å². The lowest BCUT2D eigenvalue weighted by Gasteiger charge is -2.35. The highest BCUT2D eigenvalue weighted by atomic mass is 16.6. The van der Waals surface area contributed by atoms with Crippen LogP contribution in [0.15, 0.2) is 12.2 Å². The van der Waals surface area contributed by atoms with Crippen LogP contribution in [-0.2, 0) is 9.47 Å². The number of allylic oxidation sites excluding steroid dienone is 2. The molecule has 3 N–H and O–H groups in total. The Morgan fingerprint density at radius 3 is 1.81 bits per heavy atom. The average molecular weight is 443 g/mol. The first kappa shape index (κ1) is 28.6. The molecule has 1 rings (SSSR count). The molecule has 5 heteroatoms. The van der Waals surface area contributed by atoms with E-state index < -0.39 is 24.4 Å². The van der Waals surface area contributed by atoms with E-state index in [1.165, 1.54) is 89.9 Å². The van der Waals surface area contributed by atoms with Crippen molar-refractivity contribution in [1.29, 1.82) is 0 Å². The van der Waals surface area contributed by atoms with Gasteiger partial charge in [-0.15, -0.1) is 0 Å². The summed E-state index contributed by atoms with van der Waals surface area (Å²) < 4.78 is 10.9. The fraction of sp³-hybridized carbons (Fsp3) is 0.923. The molecule has 1 fully saturated rings. The molecular weight excluding hydrogens is 392 g/mol. The fourth-order valence-corrected chi connectivity index (χ4v) is 4.03. The van der Waals surface area contributed by atoms with E-state index >= 15 is 0 Å². The number of aliphatic hydroxyl groups is 3. The largest absolute Gasteiger partial charge is 0.388 e. The van der Waals surface area contributed by atoms with Crippen LogP contribution in [0.2, 0.25) is 0 Å². The maximum absolute atomic E-state index is 9.84. The summed E-state index contributed by atoms with van der Waals surface area (Å²) in [4.78, 5) is 0. The van der Waals surface area contributed by atoms with Crippen molar-refractivity contribution in [2.24, 2.45) is 0 Å². The Kier molecular flexibility index (Phi) is 18.6. The van der Waals surface area contributed by atoms with Gasteiger partial charge in [0, 0.05) is 6.61 Å². The zero-order valence-corrected chi connectivity index (χ0v) is 20.1. The van der Waals surface area contributed by atoms with Crippen LogP contribution in [0.25, 0.3) is 0 Å². The second-order valence-corrected chi connectivity index (χ2v) is 9.14. The lowest BCUT2D eigenvalue weighted by Crippen LogP contribution is -2.54. The molecule has 4 atom stereocenters. The molecule has 0 amide bonds. The van der Waals surface area contributed by atoms with Crippen molar-refractivity contribution in [3.8, 4) is 0 Å². The topological polar surface area (TPSA) is 79.2 Å². The van der Waals surface area contributed by atoms with Crippen molar-refractivity contribution >= 4 is 0 Å². The van der Waals surface area contributed by atoms with Gasteiger partial charge in [-0.2, -0.15) is 0 Å². The molecule has 0 aromatic carbocycles. The van der Waals surface area contributed by atoms with Crippen LogP contribution in [0.1, 0.15) is 110 Å². The Morgan fingerprint density at radius 1 is 0.710 bits per heavy atom. The van der Waals surface area contributed by atoms with Gasteiger partial charge in [0.15, 0.2) is 0 Å². The Labute approximate surface area is 191 Å². The Morgan fingerprint density at radius 2 is 1.23 bits per heavy atom. The third-order valence-corrected chi connectivity index (χ3v) is 6.19. The normalized spacial score (nSPS) is 24.3. The molecule has 5 nitrogen and oxygen atoms in total. The van der Waals surface area contributed by atoms with Crippen molar-refractivity contribution in [1.82, 2.24) is 0 Å². The van der Waals surface area contributed by atoms with Gasteiger partial charge in [0.1, 0.15) is 24.4 Å². The van der Waals surface area contributed by atoms with Gasteiger partial charge in [0.2, 0.25) is 0 Å². The zero-order valence-electron chi connectivity index (χ0n) is 20.1. The van der Waals surface area contributed by atoms with Crippen LogP contribution < -0.4 is 0 Å². The van der Waals surface area contributed by atoms with Gasteiger partial charge in [-0.3, -0.25) is 0 Å². The van der Waals surface area contributed by atoms with E-state index in [0.29, 0.717) is 6.61 Å². The smallest absolute Gasteiger partial charge is 0.111 e. The summed E-state index contributed by atoms with van der Waals surface area (Å²) in [5, 5.41) is 28.9. The molecule has 0 spiro atoms. The highest BCUT2D eigenvalue weighted by molar-refractivity contribution is 4.86. The quantitative estimate of drug-likeness (QED) is 0.176. The molecule has 0 saturated carbocycles. The predicted molar refractivity (Wildman–Crippen MR) is 127 cm³/mol. The summed E-state index contributed by atoms with van der Waals surface area (Å²) in [5.74, 6) is 0. The van der Waals surface area contributed by atoms with E-state index in [1.807, 2.05) is 0 Å². The van der Waals surface area contributed by atoms with Gasteiger partial charge in [-0.05, 0) is 25.7 Å². The first-order chi connectivity index (χ1) is 15.2. The van der Waals surface area contributed by atoms with Crippen molar-refractivity contribution in [2.45, 2.75) is 134 Å². The van der Waals surface area contributed by atoms with Gasteiger partial charge < -0.3 is 24.8 Å². The molecule has 31 heavy (non-hydrogen) atoms.